The highest BCUT2D eigenvalue weighted by Gasteiger charge is 2.14. The lowest BCUT2D eigenvalue weighted by Crippen LogP contribution is -2.16. The van der Waals surface area contributed by atoms with Gasteiger partial charge < -0.3 is 10.6 Å². The Bertz CT molecular complexity index is 659. The van der Waals surface area contributed by atoms with Gasteiger partial charge in [0.25, 0.3) is 5.91 Å². The van der Waals surface area contributed by atoms with Crippen LogP contribution < -0.4 is 10.6 Å². The fraction of sp³-hybridized carbons (Fsp3) is 0.143. The zero-order chi connectivity index (χ0) is 15.4. The van der Waals surface area contributed by atoms with Gasteiger partial charge in [-0.25, -0.2) is 13.8 Å². The molecule has 2 aromatic rings. The average Bonchev–Trinajstić information content (AvgIpc) is 2.39. The van der Waals surface area contributed by atoms with E-state index in [0.717, 1.165) is 24.4 Å². The molecule has 0 atom stereocenters. The molecule has 1 aromatic carbocycles. The summed E-state index contributed by atoms with van der Waals surface area (Å²) in [7, 11) is 0. The van der Waals surface area contributed by atoms with Crippen molar-refractivity contribution in [2.75, 3.05) is 17.2 Å². The smallest absolute Gasteiger partial charge is 0.259 e. The number of aromatic nitrogens is 1. The highest BCUT2D eigenvalue weighted by atomic mass is 35.5. The zero-order valence-electron chi connectivity index (χ0n) is 11.1. The Kier molecular flexibility index (Phi) is 4.70. The molecular formula is C14H12ClF2N3O. The summed E-state index contributed by atoms with van der Waals surface area (Å²) < 4.78 is 26.5. The topological polar surface area (TPSA) is 54.0 Å². The average molecular weight is 312 g/mol. The summed E-state index contributed by atoms with van der Waals surface area (Å²) in [5.74, 6) is -1.58. The Morgan fingerprint density at radius 2 is 2.00 bits per heavy atom. The van der Waals surface area contributed by atoms with E-state index < -0.39 is 17.5 Å². The lowest BCUT2D eigenvalue weighted by atomic mass is 10.2. The van der Waals surface area contributed by atoms with Gasteiger partial charge in [0.05, 0.1) is 11.8 Å². The van der Waals surface area contributed by atoms with Crippen molar-refractivity contribution < 1.29 is 13.6 Å². The SMILES string of the molecule is CCNc1ncc(F)cc1C(=O)Nc1cc(F)cc(Cl)c1. The van der Waals surface area contributed by atoms with E-state index in [1.807, 2.05) is 6.92 Å². The molecule has 4 nitrogen and oxygen atoms in total. The van der Waals surface area contributed by atoms with Crippen LogP contribution >= 0.6 is 11.6 Å². The largest absolute Gasteiger partial charge is 0.370 e. The van der Waals surface area contributed by atoms with E-state index in [9.17, 15) is 13.6 Å². The number of benzene rings is 1. The number of rotatable bonds is 4. The standard InChI is InChI=1S/C14H12ClF2N3O/c1-2-18-13-12(6-10(17)7-19-13)14(21)20-11-4-8(15)3-9(16)5-11/h3-7H,2H2,1H3,(H,18,19)(H,20,21). The van der Waals surface area contributed by atoms with Crippen molar-refractivity contribution >= 4 is 29.0 Å². The molecule has 7 heteroatoms. The van der Waals surface area contributed by atoms with E-state index >= 15 is 0 Å². The number of halogens is 3. The van der Waals surface area contributed by atoms with Crippen molar-refractivity contribution in [3.05, 3.63) is 52.7 Å². The number of carbonyl (C=O) groups is 1. The second-order valence-electron chi connectivity index (χ2n) is 4.19. The van der Waals surface area contributed by atoms with Crippen molar-refractivity contribution in [3.63, 3.8) is 0 Å². The molecule has 0 saturated carbocycles. The summed E-state index contributed by atoms with van der Waals surface area (Å²) in [5, 5.41) is 5.46. The van der Waals surface area contributed by atoms with Gasteiger partial charge in [-0.2, -0.15) is 0 Å². The number of amides is 1. The quantitative estimate of drug-likeness (QED) is 0.905. The van der Waals surface area contributed by atoms with E-state index in [0.29, 0.717) is 6.54 Å². The van der Waals surface area contributed by atoms with E-state index in [-0.39, 0.29) is 22.1 Å². The minimum absolute atomic E-state index is 0.0252. The molecular weight excluding hydrogens is 300 g/mol. The maximum atomic E-state index is 13.3. The summed E-state index contributed by atoms with van der Waals surface area (Å²) in [6, 6.07) is 4.68. The van der Waals surface area contributed by atoms with Crippen LogP contribution in [0.4, 0.5) is 20.3 Å². The van der Waals surface area contributed by atoms with Gasteiger partial charge in [0.2, 0.25) is 0 Å². The van der Waals surface area contributed by atoms with Crippen LogP contribution in [0, 0.1) is 11.6 Å². The summed E-state index contributed by atoms with van der Waals surface area (Å²) in [5.41, 5.74) is 0.203. The molecule has 0 fully saturated rings. The van der Waals surface area contributed by atoms with Gasteiger partial charge in [-0.15, -0.1) is 0 Å². The van der Waals surface area contributed by atoms with Crippen LogP contribution in [0.1, 0.15) is 17.3 Å². The molecule has 1 heterocycles. The van der Waals surface area contributed by atoms with Crippen LogP contribution in [0.2, 0.25) is 5.02 Å². The number of nitrogens with zero attached hydrogens (tertiary/aromatic N) is 1. The van der Waals surface area contributed by atoms with Crippen LogP contribution in [-0.4, -0.2) is 17.4 Å². The molecule has 0 aliphatic carbocycles. The van der Waals surface area contributed by atoms with Crippen molar-refractivity contribution in [3.8, 4) is 0 Å². The Labute approximate surface area is 125 Å². The third kappa shape index (κ3) is 3.88. The summed E-state index contributed by atoms with van der Waals surface area (Å²) >= 11 is 5.71. The Morgan fingerprint density at radius 1 is 1.24 bits per heavy atom. The molecule has 1 amide bonds. The number of hydrogen-bond acceptors (Lipinski definition) is 3. The highest BCUT2D eigenvalue weighted by molar-refractivity contribution is 6.31. The monoisotopic (exact) mass is 311 g/mol. The number of pyridine rings is 1. The summed E-state index contributed by atoms with van der Waals surface area (Å²) in [6.45, 7) is 2.34. The van der Waals surface area contributed by atoms with Gasteiger partial charge in [0.1, 0.15) is 17.5 Å². The minimum Gasteiger partial charge on any atom is -0.370 e. The van der Waals surface area contributed by atoms with E-state index in [4.69, 9.17) is 11.6 Å². The van der Waals surface area contributed by atoms with Crippen LogP contribution in [-0.2, 0) is 0 Å². The predicted molar refractivity (Wildman–Crippen MR) is 77.7 cm³/mol. The first kappa shape index (κ1) is 15.2. The predicted octanol–water partition coefficient (Wildman–Crippen LogP) is 3.70. The third-order valence-electron chi connectivity index (χ3n) is 2.56. The lowest BCUT2D eigenvalue weighted by Gasteiger charge is -2.10. The Morgan fingerprint density at radius 3 is 2.67 bits per heavy atom. The third-order valence-corrected chi connectivity index (χ3v) is 2.78. The fourth-order valence-electron chi connectivity index (χ4n) is 1.75. The number of nitrogens with one attached hydrogen (secondary N) is 2. The first-order chi connectivity index (χ1) is 9.99. The van der Waals surface area contributed by atoms with Crippen molar-refractivity contribution in [2.45, 2.75) is 6.92 Å². The number of hydrogen-bond donors (Lipinski definition) is 2. The van der Waals surface area contributed by atoms with Gasteiger partial charge in [0.15, 0.2) is 0 Å². The fourth-order valence-corrected chi connectivity index (χ4v) is 1.97. The first-order valence-electron chi connectivity index (χ1n) is 6.16. The zero-order valence-corrected chi connectivity index (χ0v) is 11.8. The van der Waals surface area contributed by atoms with Crippen LogP contribution in [0.25, 0.3) is 0 Å². The van der Waals surface area contributed by atoms with Crippen LogP contribution in [0.5, 0.6) is 0 Å². The molecule has 21 heavy (non-hydrogen) atoms. The number of anilines is 2. The molecule has 0 aliphatic heterocycles. The van der Waals surface area contributed by atoms with Crippen LogP contribution in [0.3, 0.4) is 0 Å². The van der Waals surface area contributed by atoms with Crippen molar-refractivity contribution in [1.29, 1.82) is 0 Å². The Hall–Kier alpha value is -2.21. The van der Waals surface area contributed by atoms with E-state index in [1.165, 1.54) is 6.07 Å². The highest BCUT2D eigenvalue weighted by Crippen LogP contribution is 2.20. The maximum Gasteiger partial charge on any atom is 0.259 e. The van der Waals surface area contributed by atoms with Crippen molar-refractivity contribution in [2.24, 2.45) is 0 Å². The normalized spacial score (nSPS) is 10.3. The van der Waals surface area contributed by atoms with Gasteiger partial charge in [0, 0.05) is 17.3 Å². The van der Waals surface area contributed by atoms with Crippen molar-refractivity contribution in [1.82, 2.24) is 4.98 Å². The van der Waals surface area contributed by atoms with Gasteiger partial charge >= 0.3 is 0 Å². The minimum atomic E-state index is -0.640. The van der Waals surface area contributed by atoms with E-state index in [1.54, 1.807) is 0 Å². The molecule has 0 bridgehead atoms. The second-order valence-corrected chi connectivity index (χ2v) is 4.63. The van der Waals surface area contributed by atoms with Crippen LogP contribution in [0.15, 0.2) is 30.5 Å². The second kappa shape index (κ2) is 6.49. The van der Waals surface area contributed by atoms with Gasteiger partial charge in [-0.1, -0.05) is 11.6 Å². The molecule has 0 radical (unpaired) electrons. The van der Waals surface area contributed by atoms with Gasteiger partial charge in [-0.05, 0) is 31.2 Å². The van der Waals surface area contributed by atoms with Gasteiger partial charge in [-0.3, -0.25) is 4.79 Å². The molecule has 2 rings (SSSR count). The lowest BCUT2D eigenvalue weighted by molar-refractivity contribution is 0.102. The van der Waals surface area contributed by atoms with E-state index in [2.05, 4.69) is 15.6 Å². The summed E-state index contributed by atoms with van der Waals surface area (Å²) in [4.78, 5) is 16.0. The molecule has 0 spiro atoms. The first-order valence-corrected chi connectivity index (χ1v) is 6.54. The molecule has 2 N–H and O–H groups in total. The molecule has 0 unspecified atom stereocenters. The number of carbonyl (C=O) groups excluding carboxylic acids is 1. The molecule has 0 saturated heterocycles. The molecule has 0 aliphatic rings. The molecule has 1 aromatic heterocycles. The molecule has 110 valence electrons. The summed E-state index contributed by atoms with van der Waals surface area (Å²) in [6.07, 6.45) is 1.01. The Balaban J connectivity index is 2.29. The maximum absolute atomic E-state index is 13.3.